The minimum absolute atomic E-state index is 0. The zero-order valence-corrected chi connectivity index (χ0v) is 34.0. The fraction of sp³-hybridized carbons (Fsp3) is 0.351. The van der Waals surface area contributed by atoms with Gasteiger partial charge < -0.3 is 21.6 Å². The molecule has 2 N–H and O–H groups in total. The first kappa shape index (κ1) is 46.3. The second-order valence-corrected chi connectivity index (χ2v) is 12.1. The van der Waals surface area contributed by atoms with Crippen LogP contribution in [0.25, 0.3) is 11.4 Å². The minimum atomic E-state index is -0.668. The van der Waals surface area contributed by atoms with E-state index in [-0.39, 0.29) is 109 Å². The van der Waals surface area contributed by atoms with Gasteiger partial charge >= 0.3 is 0 Å². The Kier molecular flexibility index (Phi) is 19.8. The summed E-state index contributed by atoms with van der Waals surface area (Å²) in [4.78, 5) is 73.4. The third kappa shape index (κ3) is 11.7. The van der Waals surface area contributed by atoms with E-state index in [9.17, 15) is 28.8 Å². The van der Waals surface area contributed by atoms with E-state index in [0.717, 1.165) is 0 Å². The maximum absolute atomic E-state index is 12.3. The topological polar surface area (TPSA) is 133 Å². The van der Waals surface area contributed by atoms with Crippen molar-refractivity contribution < 1.29 is 94.2 Å². The van der Waals surface area contributed by atoms with Crippen molar-refractivity contribution in [2.45, 2.75) is 86.7 Å². The average molecular weight is 819 g/mol. The van der Waals surface area contributed by atoms with Crippen molar-refractivity contribution in [3.63, 3.8) is 0 Å². The van der Waals surface area contributed by atoms with E-state index in [1.807, 2.05) is 0 Å². The molecule has 10 nitrogen and oxygen atoms in total. The van der Waals surface area contributed by atoms with Crippen LogP contribution < -0.4 is 10.6 Å². The van der Waals surface area contributed by atoms with Crippen molar-refractivity contribution in [1.29, 1.82) is 0 Å². The fourth-order valence-corrected chi connectivity index (χ4v) is 4.98. The van der Waals surface area contributed by atoms with E-state index < -0.39 is 23.9 Å². The van der Waals surface area contributed by atoms with Gasteiger partial charge in [-0.1, -0.05) is 25.1 Å². The zero-order chi connectivity index (χ0) is 34.3. The van der Waals surface area contributed by atoms with Crippen molar-refractivity contribution in [2.24, 2.45) is 0 Å². The summed E-state index contributed by atoms with van der Waals surface area (Å²) in [6, 6.07) is 14.6. The molecule has 4 aliphatic rings. The van der Waals surface area contributed by atoms with Crippen LogP contribution in [-0.4, -0.2) is 57.3 Å². The van der Waals surface area contributed by atoms with Crippen LogP contribution in [0, 0.1) is 24.0 Å². The first-order valence-corrected chi connectivity index (χ1v) is 14.9. The smallest absolute Gasteiger partial charge is 0.249 e. The normalized spacial score (nSPS) is 18.9. The number of nitrogens with zero attached hydrogens (tertiary/aromatic N) is 2. The van der Waals surface area contributed by atoms with Crippen molar-refractivity contribution in [3.8, 4) is 0 Å². The van der Waals surface area contributed by atoms with Crippen LogP contribution in [0.2, 0.25) is 0 Å². The van der Waals surface area contributed by atoms with Gasteiger partial charge in [-0.25, -0.2) is 0 Å². The number of imide groups is 2. The van der Waals surface area contributed by atoms with Gasteiger partial charge in [-0.15, -0.1) is 36.4 Å². The summed E-state index contributed by atoms with van der Waals surface area (Å²) < 4.78 is 0. The Morgan fingerprint density at radius 2 is 1.14 bits per heavy atom. The van der Waals surface area contributed by atoms with Crippen LogP contribution in [0.15, 0.2) is 49.6 Å². The largest absolute Gasteiger partial charge is 0.345 e. The fourth-order valence-electron chi connectivity index (χ4n) is 4.98. The summed E-state index contributed by atoms with van der Waals surface area (Å²) in [5.41, 5.74) is 3.29. The number of benzene rings is 2. The molecular weight excluding hydrogens is 774 g/mol. The SMILES string of the molecule is C.C=C1c2[c-]cccc2C(=O)N1C1CCC(=O)NC1=O.C=C1c2c[c-]ccc2C(=O)N1C1CCC(=O)NC1=O.C[C-](C)C.C[C-](C)C.[Y].[Y]. The van der Waals surface area contributed by atoms with Crippen LogP contribution in [-0.2, 0) is 84.6 Å². The van der Waals surface area contributed by atoms with Gasteiger partial charge in [0.25, 0.3) is 0 Å². The second-order valence-electron chi connectivity index (χ2n) is 12.1. The monoisotopic (exact) mass is 818 g/mol. The van der Waals surface area contributed by atoms with Crippen molar-refractivity contribution >= 4 is 46.8 Å². The molecule has 2 aromatic rings. The molecule has 6 rings (SSSR count). The molecule has 258 valence electrons. The van der Waals surface area contributed by atoms with E-state index >= 15 is 0 Å². The number of amides is 6. The average Bonchev–Trinajstić information content (AvgIpc) is 3.38. The molecule has 6 amide bonds. The summed E-state index contributed by atoms with van der Waals surface area (Å²) in [5.74, 6) is 0.836. The molecule has 49 heavy (non-hydrogen) atoms. The summed E-state index contributed by atoms with van der Waals surface area (Å²) in [7, 11) is 0. The maximum Gasteiger partial charge on any atom is 0.249 e. The number of rotatable bonds is 2. The van der Waals surface area contributed by atoms with Crippen molar-refractivity contribution in [2.75, 3.05) is 0 Å². The third-order valence-electron chi connectivity index (χ3n) is 6.84. The number of fused-ring (bicyclic) bond motifs is 2. The van der Waals surface area contributed by atoms with Gasteiger partial charge in [-0.3, -0.25) is 39.4 Å². The number of carbonyl (C=O) groups excluding carboxylic acids is 6. The predicted molar refractivity (Wildman–Crippen MR) is 181 cm³/mol. The Morgan fingerprint density at radius 1 is 0.694 bits per heavy atom. The molecule has 0 bridgehead atoms. The van der Waals surface area contributed by atoms with Gasteiger partial charge in [0.15, 0.2) is 0 Å². The summed E-state index contributed by atoms with van der Waals surface area (Å²) >= 11 is 0. The Morgan fingerprint density at radius 3 is 1.57 bits per heavy atom. The molecule has 2 atom stereocenters. The van der Waals surface area contributed by atoms with Crippen LogP contribution >= 0.6 is 0 Å². The van der Waals surface area contributed by atoms with E-state index in [2.05, 4.69) is 77.5 Å². The standard InChI is InChI=1S/2C14H11N2O3.2C4H9.CH4.2Y/c2*1-8-9-4-2-3-5-10(9)14(19)16(8)11-6-7-12(17)15-13(11)18;2*1-4(2)3;;;/h3-5,11H,1,6-7H2,(H,15,17,18);2-3,5,11H,1,6-7H2,(H,15,17,18);2*1-3H3;1H4;;/q4*-1;;;. The molecule has 12 heteroatoms. The van der Waals surface area contributed by atoms with Crippen LogP contribution in [0.1, 0.15) is 106 Å². The summed E-state index contributed by atoms with van der Waals surface area (Å²) in [6.07, 6.45) is 1.11. The first-order valence-electron chi connectivity index (χ1n) is 14.9. The second kappa shape index (κ2) is 20.9. The Hall–Kier alpha value is -2.65. The van der Waals surface area contributed by atoms with Crippen molar-refractivity contribution in [1.82, 2.24) is 20.4 Å². The van der Waals surface area contributed by atoms with E-state index in [4.69, 9.17) is 0 Å². The van der Waals surface area contributed by atoms with Gasteiger partial charge in [-0.2, -0.15) is 65.8 Å². The third-order valence-corrected chi connectivity index (χ3v) is 6.84. The van der Waals surface area contributed by atoms with E-state index in [1.165, 1.54) is 21.6 Å². The molecule has 2 unspecified atom stereocenters. The Bertz CT molecular complexity index is 1380. The quantitative estimate of drug-likeness (QED) is 0.312. The van der Waals surface area contributed by atoms with E-state index in [0.29, 0.717) is 46.5 Å². The molecule has 4 aliphatic heterocycles. The predicted octanol–water partition coefficient (Wildman–Crippen LogP) is 5.31. The molecule has 2 fully saturated rings. The van der Waals surface area contributed by atoms with Gasteiger partial charge in [0.2, 0.25) is 35.4 Å². The molecule has 0 spiro atoms. The number of piperidine rings is 2. The zero-order valence-electron chi connectivity index (χ0n) is 28.4. The molecule has 0 saturated carbocycles. The Balaban J connectivity index is 0.000000736. The molecule has 0 aliphatic carbocycles. The van der Waals surface area contributed by atoms with Gasteiger partial charge in [0.05, 0.1) is 0 Å². The van der Waals surface area contributed by atoms with Gasteiger partial charge in [0.1, 0.15) is 12.1 Å². The number of hydrogen-bond donors (Lipinski definition) is 2. The molecular formula is C37H44N4O6Y2-4. The van der Waals surface area contributed by atoms with E-state index in [1.54, 1.807) is 36.4 Å². The number of nitrogens with one attached hydrogen (secondary N) is 2. The minimum Gasteiger partial charge on any atom is -0.345 e. The van der Waals surface area contributed by atoms with Crippen LogP contribution in [0.4, 0.5) is 0 Å². The molecule has 2 saturated heterocycles. The molecule has 2 radical (unpaired) electrons. The van der Waals surface area contributed by atoms with Crippen LogP contribution in [0.3, 0.4) is 0 Å². The summed E-state index contributed by atoms with van der Waals surface area (Å²) in [6.45, 7) is 20.2. The molecule has 0 aromatic heterocycles. The van der Waals surface area contributed by atoms with Crippen LogP contribution in [0.5, 0.6) is 0 Å². The van der Waals surface area contributed by atoms with Gasteiger partial charge in [0, 0.05) is 78.3 Å². The number of hydrogen-bond acceptors (Lipinski definition) is 6. The molecule has 2 aromatic carbocycles. The van der Waals surface area contributed by atoms with Crippen molar-refractivity contribution in [3.05, 3.63) is 95.8 Å². The first-order chi connectivity index (χ1) is 21.6. The van der Waals surface area contributed by atoms with Gasteiger partial charge in [-0.05, 0) is 29.8 Å². The maximum atomic E-state index is 12.3. The number of carbonyl (C=O) groups is 6. The molecule has 4 heterocycles. The Labute approximate surface area is 341 Å². The summed E-state index contributed by atoms with van der Waals surface area (Å²) in [5, 5.41) is 4.50.